The summed E-state index contributed by atoms with van der Waals surface area (Å²) in [5.41, 5.74) is 1.42. The number of ether oxygens (including phenoxy) is 1. The quantitative estimate of drug-likeness (QED) is 0.806. The largest absolute Gasteiger partial charge is 0.478 e. The fourth-order valence-electron chi connectivity index (χ4n) is 1.71. The van der Waals surface area contributed by atoms with Gasteiger partial charge in [0, 0.05) is 11.6 Å². The van der Waals surface area contributed by atoms with Gasteiger partial charge in [0.2, 0.25) is 0 Å². The van der Waals surface area contributed by atoms with Crippen LogP contribution in [0, 0.1) is 12.7 Å². The molecule has 0 atom stereocenters. The lowest BCUT2D eigenvalue weighted by molar-refractivity contribution is -0.131. The number of halogens is 2. The van der Waals surface area contributed by atoms with Crippen LogP contribution in [0.25, 0.3) is 6.08 Å². The van der Waals surface area contributed by atoms with Gasteiger partial charge in [0.15, 0.2) is 0 Å². The molecule has 21 heavy (non-hydrogen) atoms. The molecule has 0 amide bonds. The third-order valence-corrected chi connectivity index (χ3v) is 3.30. The summed E-state index contributed by atoms with van der Waals surface area (Å²) in [5.74, 6) is -0.632. The maximum absolute atomic E-state index is 13.3. The van der Waals surface area contributed by atoms with E-state index in [-0.39, 0.29) is 0 Å². The van der Waals surface area contributed by atoms with Crippen molar-refractivity contribution < 1.29 is 19.0 Å². The molecule has 5 heteroatoms. The van der Waals surface area contributed by atoms with E-state index in [9.17, 15) is 9.18 Å². The zero-order valence-electron chi connectivity index (χ0n) is 11.1. The van der Waals surface area contributed by atoms with Gasteiger partial charge in [0.25, 0.3) is 0 Å². The van der Waals surface area contributed by atoms with Gasteiger partial charge in [-0.1, -0.05) is 6.07 Å². The summed E-state index contributed by atoms with van der Waals surface area (Å²) >= 11 is 3.39. The van der Waals surface area contributed by atoms with Gasteiger partial charge in [-0.05, 0) is 64.8 Å². The highest BCUT2D eigenvalue weighted by Gasteiger charge is 2.08. The van der Waals surface area contributed by atoms with E-state index in [4.69, 9.17) is 9.84 Å². The average Bonchev–Trinajstić information content (AvgIpc) is 2.41. The molecule has 108 valence electrons. The van der Waals surface area contributed by atoms with Crippen molar-refractivity contribution >= 4 is 28.0 Å². The highest BCUT2D eigenvalue weighted by atomic mass is 79.9. The zero-order chi connectivity index (χ0) is 15.4. The summed E-state index contributed by atoms with van der Waals surface area (Å²) in [7, 11) is 0. The van der Waals surface area contributed by atoms with Crippen molar-refractivity contribution in [2.75, 3.05) is 0 Å². The van der Waals surface area contributed by atoms with Gasteiger partial charge < -0.3 is 9.84 Å². The molecule has 0 heterocycles. The molecule has 0 saturated carbocycles. The lowest BCUT2D eigenvalue weighted by Gasteiger charge is -2.11. The number of aliphatic carboxylic acids is 1. The summed E-state index contributed by atoms with van der Waals surface area (Å²) in [6, 6.07) is 9.50. The minimum Gasteiger partial charge on any atom is -0.478 e. The maximum Gasteiger partial charge on any atom is 0.328 e. The molecule has 0 radical (unpaired) electrons. The van der Waals surface area contributed by atoms with E-state index >= 15 is 0 Å². The van der Waals surface area contributed by atoms with Crippen molar-refractivity contribution in [2.24, 2.45) is 0 Å². The molecule has 0 spiro atoms. The summed E-state index contributed by atoms with van der Waals surface area (Å²) in [6.07, 6.45) is 2.23. The molecule has 2 aromatic carbocycles. The van der Waals surface area contributed by atoms with E-state index in [0.717, 1.165) is 16.1 Å². The minimum atomic E-state index is -1.11. The van der Waals surface area contributed by atoms with Crippen LogP contribution in [0.4, 0.5) is 4.39 Å². The Bertz CT molecular complexity index is 711. The first-order chi connectivity index (χ1) is 9.95. The molecule has 2 aromatic rings. The van der Waals surface area contributed by atoms with Crippen LogP contribution in [0.5, 0.6) is 11.5 Å². The van der Waals surface area contributed by atoms with Crippen molar-refractivity contribution in [2.45, 2.75) is 6.92 Å². The van der Waals surface area contributed by atoms with Crippen LogP contribution >= 0.6 is 15.9 Å². The van der Waals surface area contributed by atoms with Crippen LogP contribution in [0.15, 0.2) is 46.9 Å². The Balaban J connectivity index is 2.37. The van der Waals surface area contributed by atoms with E-state index in [2.05, 4.69) is 15.9 Å². The molecular formula is C16H12BrFO3. The van der Waals surface area contributed by atoms with Crippen molar-refractivity contribution in [1.82, 2.24) is 0 Å². The van der Waals surface area contributed by atoms with E-state index in [0.29, 0.717) is 17.1 Å². The second kappa shape index (κ2) is 6.54. The predicted octanol–water partition coefficient (Wildman–Crippen LogP) is 4.79. The number of benzene rings is 2. The molecule has 3 nitrogen and oxygen atoms in total. The first-order valence-electron chi connectivity index (χ1n) is 6.10. The van der Waals surface area contributed by atoms with Gasteiger partial charge in [-0.3, -0.25) is 0 Å². The van der Waals surface area contributed by atoms with Crippen LogP contribution in [-0.2, 0) is 4.79 Å². The predicted molar refractivity (Wildman–Crippen MR) is 82.0 cm³/mol. The fraction of sp³-hybridized carbons (Fsp3) is 0.0625. The summed E-state index contributed by atoms with van der Waals surface area (Å²) in [6.45, 7) is 1.95. The molecule has 1 N–H and O–H groups in total. The third kappa shape index (κ3) is 4.16. The Hall–Kier alpha value is -2.14. The van der Waals surface area contributed by atoms with Crippen LogP contribution < -0.4 is 4.74 Å². The van der Waals surface area contributed by atoms with E-state index in [1.54, 1.807) is 6.07 Å². The summed E-state index contributed by atoms with van der Waals surface area (Å²) < 4.78 is 19.8. The van der Waals surface area contributed by atoms with Crippen LogP contribution in [-0.4, -0.2) is 11.1 Å². The Morgan fingerprint density at radius 1 is 1.24 bits per heavy atom. The molecule has 0 saturated heterocycles. The van der Waals surface area contributed by atoms with Crippen molar-refractivity contribution in [3.63, 3.8) is 0 Å². The highest BCUT2D eigenvalue weighted by molar-refractivity contribution is 9.10. The van der Waals surface area contributed by atoms with E-state index < -0.39 is 11.8 Å². The third-order valence-electron chi connectivity index (χ3n) is 2.68. The van der Waals surface area contributed by atoms with Crippen molar-refractivity contribution in [3.8, 4) is 11.5 Å². The van der Waals surface area contributed by atoms with Crippen LogP contribution in [0.1, 0.15) is 11.1 Å². The standard InChI is InChI=1S/C16H12BrFO3/c1-10-2-5-15(13(17)8-10)21-14-6-4-12(18)9-11(14)3-7-16(19)20/h2-9H,1H3,(H,19,20)/b7-3+. The molecule has 0 unspecified atom stereocenters. The number of hydrogen-bond donors (Lipinski definition) is 1. The fourth-order valence-corrected chi connectivity index (χ4v) is 2.28. The first kappa shape index (κ1) is 15.3. The van der Waals surface area contributed by atoms with E-state index in [1.165, 1.54) is 24.3 Å². The lowest BCUT2D eigenvalue weighted by atomic mass is 10.1. The normalized spacial score (nSPS) is 10.8. The Morgan fingerprint density at radius 3 is 2.62 bits per heavy atom. The Morgan fingerprint density at radius 2 is 1.95 bits per heavy atom. The van der Waals surface area contributed by atoms with Gasteiger partial charge in [0.05, 0.1) is 4.47 Å². The van der Waals surface area contributed by atoms with Gasteiger partial charge >= 0.3 is 5.97 Å². The molecule has 0 aliphatic carbocycles. The number of rotatable bonds is 4. The molecule has 0 bridgehead atoms. The Kier molecular flexibility index (Phi) is 4.75. The van der Waals surface area contributed by atoms with Crippen LogP contribution in [0.3, 0.4) is 0 Å². The topological polar surface area (TPSA) is 46.5 Å². The number of carbonyl (C=O) groups is 1. The number of carboxylic acid groups (broad SMARTS) is 1. The lowest BCUT2D eigenvalue weighted by Crippen LogP contribution is -1.92. The second-order valence-corrected chi connectivity index (χ2v) is 5.24. The smallest absolute Gasteiger partial charge is 0.328 e. The van der Waals surface area contributed by atoms with Crippen molar-refractivity contribution in [3.05, 3.63) is 63.9 Å². The summed E-state index contributed by atoms with van der Waals surface area (Å²) in [4.78, 5) is 10.6. The molecule has 0 aliphatic heterocycles. The molecule has 0 aliphatic rings. The van der Waals surface area contributed by atoms with Crippen molar-refractivity contribution in [1.29, 1.82) is 0 Å². The second-order valence-electron chi connectivity index (χ2n) is 4.39. The highest BCUT2D eigenvalue weighted by Crippen LogP contribution is 2.32. The summed E-state index contributed by atoms with van der Waals surface area (Å²) in [5, 5.41) is 8.67. The molecular weight excluding hydrogens is 339 g/mol. The Labute approximate surface area is 129 Å². The average molecular weight is 351 g/mol. The van der Waals surface area contributed by atoms with Gasteiger partial charge in [-0.25, -0.2) is 9.18 Å². The number of hydrogen-bond acceptors (Lipinski definition) is 2. The first-order valence-corrected chi connectivity index (χ1v) is 6.89. The molecule has 2 rings (SSSR count). The zero-order valence-corrected chi connectivity index (χ0v) is 12.7. The monoisotopic (exact) mass is 350 g/mol. The minimum absolute atomic E-state index is 0.352. The van der Waals surface area contributed by atoms with Gasteiger partial charge in [-0.2, -0.15) is 0 Å². The SMILES string of the molecule is Cc1ccc(Oc2ccc(F)cc2/C=C/C(=O)O)c(Br)c1. The van der Waals surface area contributed by atoms with Gasteiger partial charge in [0.1, 0.15) is 17.3 Å². The number of aryl methyl sites for hydroxylation is 1. The number of carboxylic acids is 1. The molecule has 0 aromatic heterocycles. The molecule has 0 fully saturated rings. The van der Waals surface area contributed by atoms with Crippen LogP contribution in [0.2, 0.25) is 0 Å². The maximum atomic E-state index is 13.3. The van der Waals surface area contributed by atoms with Gasteiger partial charge in [-0.15, -0.1) is 0 Å². The van der Waals surface area contributed by atoms with E-state index in [1.807, 2.05) is 19.1 Å².